The number of allylic oxidation sites excluding steroid dienone is 1. The Morgan fingerprint density at radius 3 is 2.65 bits per heavy atom. The zero-order chi connectivity index (χ0) is 28.4. The Morgan fingerprint density at radius 1 is 1.15 bits per heavy atom. The van der Waals surface area contributed by atoms with Gasteiger partial charge in [0.15, 0.2) is 16.3 Å². The van der Waals surface area contributed by atoms with Crippen LogP contribution >= 0.6 is 11.3 Å². The molecule has 5 rings (SSSR count). The van der Waals surface area contributed by atoms with Crippen molar-refractivity contribution in [1.82, 2.24) is 4.57 Å². The van der Waals surface area contributed by atoms with E-state index in [1.807, 2.05) is 6.07 Å². The van der Waals surface area contributed by atoms with Crippen molar-refractivity contribution in [3.05, 3.63) is 102 Å². The lowest BCUT2D eigenvalue weighted by Crippen LogP contribution is -2.39. The van der Waals surface area contributed by atoms with E-state index < -0.39 is 12.0 Å². The SMILES string of the molecule is CCOC(=O)C1=C(C)N=c2sc(=Cc3ccc(-c4ccccc4C#N)o3)c(=O)n2[C@H]1c1ccc(OC)c(OC)c1. The summed E-state index contributed by atoms with van der Waals surface area (Å²) in [5.74, 6) is 1.38. The molecular weight excluding hydrogens is 530 g/mol. The summed E-state index contributed by atoms with van der Waals surface area (Å²) >= 11 is 1.19. The van der Waals surface area contributed by atoms with E-state index in [9.17, 15) is 14.9 Å². The first-order valence-electron chi connectivity index (χ1n) is 12.4. The van der Waals surface area contributed by atoms with Crippen LogP contribution < -0.4 is 24.4 Å². The highest BCUT2D eigenvalue weighted by molar-refractivity contribution is 7.07. The van der Waals surface area contributed by atoms with E-state index >= 15 is 0 Å². The van der Waals surface area contributed by atoms with Crippen molar-refractivity contribution in [1.29, 1.82) is 5.26 Å². The smallest absolute Gasteiger partial charge is 0.338 e. The molecular formula is C30H25N3O6S. The maximum atomic E-state index is 13.9. The Kier molecular flexibility index (Phi) is 7.40. The molecule has 0 saturated carbocycles. The minimum atomic E-state index is -0.799. The third-order valence-corrected chi connectivity index (χ3v) is 7.44. The number of thiazole rings is 1. The van der Waals surface area contributed by atoms with Gasteiger partial charge >= 0.3 is 5.97 Å². The molecule has 10 heteroatoms. The number of esters is 1. The Hall–Kier alpha value is -4.88. The van der Waals surface area contributed by atoms with Gasteiger partial charge in [0.1, 0.15) is 11.5 Å². The summed E-state index contributed by atoms with van der Waals surface area (Å²) < 4.78 is 24.1. The standard InChI is InChI=1S/C30H25N3O6S/c1-5-38-29(35)26-17(2)32-30-33(27(26)18-10-12-23(36-3)24(14-18)37-4)28(34)25(40-30)15-20-11-13-22(39-20)21-9-7-6-8-19(21)16-31/h6-15,27H,5H2,1-4H3/t27-/m0/s1. The molecule has 40 heavy (non-hydrogen) atoms. The summed E-state index contributed by atoms with van der Waals surface area (Å²) in [6.45, 7) is 3.62. The van der Waals surface area contributed by atoms with Crippen molar-refractivity contribution >= 4 is 23.4 Å². The fourth-order valence-corrected chi connectivity index (χ4v) is 5.66. The summed E-state index contributed by atoms with van der Waals surface area (Å²) in [6, 6.07) is 17.2. The predicted molar refractivity (Wildman–Crippen MR) is 149 cm³/mol. The summed E-state index contributed by atoms with van der Waals surface area (Å²) in [7, 11) is 3.06. The summed E-state index contributed by atoms with van der Waals surface area (Å²) in [4.78, 5) is 32.0. The van der Waals surface area contributed by atoms with E-state index in [-0.39, 0.29) is 17.7 Å². The molecule has 0 saturated heterocycles. The number of fused-ring (bicyclic) bond motifs is 1. The molecule has 2 aromatic carbocycles. The molecule has 0 fully saturated rings. The van der Waals surface area contributed by atoms with Crippen LogP contribution in [0.1, 0.15) is 36.8 Å². The fraction of sp³-hybridized carbons (Fsp3) is 0.200. The van der Waals surface area contributed by atoms with Crippen molar-refractivity contribution in [3.63, 3.8) is 0 Å². The van der Waals surface area contributed by atoms with Crippen LogP contribution in [0.25, 0.3) is 17.4 Å². The highest BCUT2D eigenvalue weighted by Crippen LogP contribution is 2.36. The molecule has 3 heterocycles. The first-order valence-corrected chi connectivity index (χ1v) is 13.2. The zero-order valence-corrected chi connectivity index (χ0v) is 23.1. The van der Waals surface area contributed by atoms with Gasteiger partial charge in [-0.1, -0.05) is 29.5 Å². The molecule has 0 spiro atoms. The second kappa shape index (κ2) is 11.1. The van der Waals surface area contributed by atoms with Crippen molar-refractivity contribution < 1.29 is 23.4 Å². The van der Waals surface area contributed by atoms with Crippen molar-refractivity contribution in [3.8, 4) is 28.9 Å². The Morgan fingerprint density at radius 2 is 1.93 bits per heavy atom. The van der Waals surface area contributed by atoms with E-state index in [4.69, 9.17) is 18.6 Å². The minimum Gasteiger partial charge on any atom is -0.493 e. The molecule has 1 atom stereocenters. The largest absolute Gasteiger partial charge is 0.493 e. The minimum absolute atomic E-state index is 0.175. The number of nitriles is 1. The lowest BCUT2D eigenvalue weighted by Gasteiger charge is -2.25. The molecule has 9 nitrogen and oxygen atoms in total. The number of nitrogens with zero attached hydrogens (tertiary/aromatic N) is 3. The molecule has 0 amide bonds. The summed E-state index contributed by atoms with van der Waals surface area (Å²) in [6.07, 6.45) is 1.64. The lowest BCUT2D eigenvalue weighted by molar-refractivity contribution is -0.139. The van der Waals surface area contributed by atoms with Crippen LogP contribution in [-0.2, 0) is 9.53 Å². The number of aromatic nitrogens is 1. The van der Waals surface area contributed by atoms with Crippen molar-refractivity contribution in [2.45, 2.75) is 19.9 Å². The maximum Gasteiger partial charge on any atom is 0.338 e. The number of benzene rings is 2. The van der Waals surface area contributed by atoms with Gasteiger partial charge in [-0.15, -0.1) is 0 Å². The van der Waals surface area contributed by atoms with E-state index in [1.165, 1.54) is 30.1 Å². The number of rotatable bonds is 7. The van der Waals surface area contributed by atoms with Crippen LogP contribution in [-0.4, -0.2) is 31.4 Å². The summed E-state index contributed by atoms with van der Waals surface area (Å²) in [5.41, 5.74) is 2.17. The van der Waals surface area contributed by atoms with Crippen LogP contribution in [0, 0.1) is 11.3 Å². The third kappa shape index (κ3) is 4.72. The number of ether oxygens (including phenoxy) is 3. The molecule has 0 N–H and O–H groups in total. The van der Waals surface area contributed by atoms with Gasteiger partial charge in [-0.2, -0.15) is 5.26 Å². The normalized spacial score (nSPS) is 14.8. The van der Waals surface area contributed by atoms with Crippen LogP contribution in [0.3, 0.4) is 0 Å². The Labute approximate surface area is 233 Å². The molecule has 0 bridgehead atoms. The van der Waals surface area contributed by atoms with Gasteiger partial charge in [0.25, 0.3) is 5.56 Å². The van der Waals surface area contributed by atoms with E-state index in [0.29, 0.717) is 54.7 Å². The number of methoxy groups -OCH3 is 2. The van der Waals surface area contributed by atoms with Gasteiger partial charge < -0.3 is 18.6 Å². The molecule has 0 unspecified atom stereocenters. The monoisotopic (exact) mass is 555 g/mol. The van der Waals surface area contributed by atoms with Crippen molar-refractivity contribution in [2.24, 2.45) is 4.99 Å². The molecule has 0 aliphatic carbocycles. The average Bonchev–Trinajstić information content (AvgIpc) is 3.55. The summed E-state index contributed by atoms with van der Waals surface area (Å²) in [5, 5.41) is 9.44. The first kappa shape index (κ1) is 26.7. The van der Waals surface area contributed by atoms with Gasteiger partial charge in [-0.25, -0.2) is 9.79 Å². The first-order chi connectivity index (χ1) is 19.4. The highest BCUT2D eigenvalue weighted by atomic mass is 32.1. The van der Waals surface area contributed by atoms with Crippen LogP contribution in [0.5, 0.6) is 11.5 Å². The number of carbonyl (C=O) groups excluding carboxylic acids is 1. The molecule has 2 aromatic heterocycles. The average molecular weight is 556 g/mol. The Bertz CT molecular complexity index is 1870. The number of hydrogen-bond donors (Lipinski definition) is 0. The van der Waals surface area contributed by atoms with Gasteiger partial charge in [-0.05, 0) is 55.8 Å². The second-order valence-corrected chi connectivity index (χ2v) is 9.79. The van der Waals surface area contributed by atoms with Gasteiger partial charge in [-0.3, -0.25) is 9.36 Å². The molecule has 0 radical (unpaired) electrons. The van der Waals surface area contributed by atoms with Crippen molar-refractivity contribution in [2.75, 3.05) is 20.8 Å². The number of furan rings is 1. The van der Waals surface area contributed by atoms with E-state index in [0.717, 1.165) is 0 Å². The molecule has 4 aromatic rings. The Balaban J connectivity index is 1.66. The van der Waals surface area contributed by atoms with Gasteiger partial charge in [0.2, 0.25) is 0 Å². The third-order valence-electron chi connectivity index (χ3n) is 6.45. The predicted octanol–water partition coefficient (Wildman–Crippen LogP) is 3.95. The van der Waals surface area contributed by atoms with E-state index in [2.05, 4.69) is 11.1 Å². The lowest BCUT2D eigenvalue weighted by atomic mass is 9.95. The van der Waals surface area contributed by atoms with Crippen LogP contribution in [0.15, 0.2) is 80.1 Å². The van der Waals surface area contributed by atoms with Gasteiger partial charge in [0, 0.05) is 11.6 Å². The maximum absolute atomic E-state index is 13.9. The fourth-order valence-electron chi connectivity index (χ4n) is 4.63. The quantitative estimate of drug-likeness (QED) is 0.317. The zero-order valence-electron chi connectivity index (χ0n) is 22.3. The number of hydrogen-bond acceptors (Lipinski definition) is 9. The molecule has 202 valence electrons. The van der Waals surface area contributed by atoms with E-state index in [1.54, 1.807) is 68.5 Å². The highest BCUT2D eigenvalue weighted by Gasteiger charge is 2.34. The number of carbonyl (C=O) groups is 1. The van der Waals surface area contributed by atoms with Crippen LogP contribution in [0.2, 0.25) is 0 Å². The molecule has 1 aliphatic heterocycles. The topological polar surface area (TPSA) is 116 Å². The van der Waals surface area contributed by atoms with Crippen LogP contribution in [0.4, 0.5) is 0 Å². The van der Waals surface area contributed by atoms with Gasteiger partial charge in [0.05, 0.1) is 54.3 Å². The molecule has 1 aliphatic rings. The second-order valence-electron chi connectivity index (χ2n) is 8.78.